The Morgan fingerprint density at radius 2 is 1.91 bits per heavy atom. The van der Waals surface area contributed by atoms with Gasteiger partial charge in [-0.15, -0.1) is 4.41 Å². The highest BCUT2D eigenvalue weighted by molar-refractivity contribution is 7.86. The van der Waals surface area contributed by atoms with Crippen LogP contribution in [0.15, 0.2) is 18.3 Å². The van der Waals surface area contributed by atoms with E-state index >= 15 is 0 Å². The van der Waals surface area contributed by atoms with Crippen molar-refractivity contribution in [3.8, 4) is 0 Å². The summed E-state index contributed by atoms with van der Waals surface area (Å²) in [6, 6.07) is 3.63. The van der Waals surface area contributed by atoms with Crippen LogP contribution >= 0.6 is 0 Å². The van der Waals surface area contributed by atoms with Crippen LogP contribution in [0.1, 0.15) is 19.3 Å². The van der Waals surface area contributed by atoms with Crippen molar-refractivity contribution in [3.63, 3.8) is 0 Å². The molecule has 0 atom stereocenters. The fraction of sp³-hybridized carbons (Fsp3) is 0.615. The van der Waals surface area contributed by atoms with Crippen molar-refractivity contribution in [2.45, 2.75) is 25.3 Å². The zero-order valence-corrected chi connectivity index (χ0v) is 13.2. The molecule has 0 radical (unpaired) electrons. The molecule has 3 heterocycles. The van der Waals surface area contributed by atoms with E-state index in [1.807, 2.05) is 12.1 Å². The zero-order chi connectivity index (χ0) is 15.7. The summed E-state index contributed by atoms with van der Waals surface area (Å²) < 4.78 is 27.1. The minimum Gasteiger partial charge on any atom is -0.396 e. The molecule has 3 rings (SSSR count). The Morgan fingerprint density at radius 1 is 1.18 bits per heavy atom. The fourth-order valence-corrected chi connectivity index (χ4v) is 4.73. The first-order chi connectivity index (χ1) is 10.5. The topological polar surface area (TPSA) is 109 Å². The highest BCUT2D eigenvalue weighted by Crippen LogP contribution is 2.27. The van der Waals surface area contributed by atoms with Crippen LogP contribution < -0.4 is 16.5 Å². The van der Waals surface area contributed by atoms with Crippen LogP contribution in [0.25, 0.3) is 0 Å². The molecule has 2 aliphatic rings. The van der Waals surface area contributed by atoms with E-state index in [9.17, 15) is 8.42 Å². The summed E-state index contributed by atoms with van der Waals surface area (Å²) in [5.41, 5.74) is 6.61. The Balaban J connectivity index is 1.68. The van der Waals surface area contributed by atoms with Crippen LogP contribution in [-0.2, 0) is 10.2 Å². The molecule has 2 fully saturated rings. The maximum atomic E-state index is 12.3. The van der Waals surface area contributed by atoms with Gasteiger partial charge in [0.2, 0.25) is 0 Å². The molecule has 0 amide bonds. The number of hydrogen-bond acceptors (Lipinski definition) is 6. The fourth-order valence-electron chi connectivity index (χ4n) is 3.16. The third-order valence-corrected chi connectivity index (χ3v) is 6.19. The third-order valence-electron chi connectivity index (χ3n) is 4.34. The average molecular weight is 326 g/mol. The summed E-state index contributed by atoms with van der Waals surface area (Å²) in [5, 5.41) is 0. The van der Waals surface area contributed by atoms with Gasteiger partial charge < -0.3 is 10.6 Å². The lowest BCUT2D eigenvalue weighted by Gasteiger charge is -2.41. The molecular weight excluding hydrogens is 304 g/mol. The minimum atomic E-state index is -3.51. The second kappa shape index (κ2) is 5.99. The van der Waals surface area contributed by atoms with Gasteiger partial charge in [0.15, 0.2) is 5.82 Å². The maximum absolute atomic E-state index is 12.3. The molecule has 2 aliphatic heterocycles. The van der Waals surface area contributed by atoms with Crippen LogP contribution in [0.4, 0.5) is 11.5 Å². The van der Waals surface area contributed by atoms with Gasteiger partial charge in [-0.3, -0.25) is 5.84 Å². The molecule has 0 aromatic carbocycles. The normalized spacial score (nSPS) is 24.5. The van der Waals surface area contributed by atoms with Crippen molar-refractivity contribution >= 4 is 21.7 Å². The number of nitrogens with zero attached hydrogens (tertiary/aromatic N) is 4. The predicted molar refractivity (Wildman–Crippen MR) is 85.0 cm³/mol. The number of aromatic nitrogens is 1. The first kappa shape index (κ1) is 15.5. The van der Waals surface area contributed by atoms with Crippen molar-refractivity contribution in [1.29, 1.82) is 0 Å². The summed E-state index contributed by atoms with van der Waals surface area (Å²) >= 11 is 0. The van der Waals surface area contributed by atoms with Crippen LogP contribution in [0, 0.1) is 0 Å². The molecule has 0 saturated carbocycles. The second-order valence-electron chi connectivity index (χ2n) is 5.72. The van der Waals surface area contributed by atoms with Gasteiger partial charge in [0.1, 0.15) is 0 Å². The summed E-state index contributed by atoms with van der Waals surface area (Å²) in [7, 11) is -3.51. The third kappa shape index (κ3) is 2.76. The zero-order valence-electron chi connectivity index (χ0n) is 12.4. The quantitative estimate of drug-likeness (QED) is 0.726. The summed E-state index contributed by atoms with van der Waals surface area (Å²) in [5.74, 6) is 6.40. The molecule has 122 valence electrons. The van der Waals surface area contributed by atoms with Crippen molar-refractivity contribution in [3.05, 3.63) is 18.3 Å². The highest BCUT2D eigenvalue weighted by atomic mass is 32.2. The summed E-state index contributed by atoms with van der Waals surface area (Å²) in [4.78, 5) is 6.43. The molecular formula is C13H22N6O2S. The van der Waals surface area contributed by atoms with Crippen molar-refractivity contribution < 1.29 is 8.42 Å². The van der Waals surface area contributed by atoms with E-state index < -0.39 is 10.2 Å². The van der Waals surface area contributed by atoms with E-state index in [1.54, 1.807) is 10.5 Å². The first-order valence-corrected chi connectivity index (χ1v) is 8.89. The lowest BCUT2D eigenvalue weighted by atomic mass is 10.0. The molecule has 0 aliphatic carbocycles. The van der Waals surface area contributed by atoms with Gasteiger partial charge in [0.05, 0.1) is 5.69 Å². The van der Waals surface area contributed by atoms with Gasteiger partial charge in [0, 0.05) is 38.4 Å². The Hall–Kier alpha value is -1.42. The van der Waals surface area contributed by atoms with Gasteiger partial charge in [-0.2, -0.15) is 12.7 Å². The van der Waals surface area contributed by atoms with Crippen LogP contribution in [-0.4, -0.2) is 54.3 Å². The number of hydrogen-bond donors (Lipinski definition) is 2. The van der Waals surface area contributed by atoms with Crippen molar-refractivity contribution in [1.82, 2.24) is 13.7 Å². The van der Waals surface area contributed by atoms with Gasteiger partial charge in [0.25, 0.3) is 10.2 Å². The van der Waals surface area contributed by atoms with E-state index in [1.165, 1.54) is 0 Å². The van der Waals surface area contributed by atoms with Crippen LogP contribution in [0.2, 0.25) is 0 Å². The van der Waals surface area contributed by atoms with E-state index in [2.05, 4.69) is 9.88 Å². The molecule has 22 heavy (non-hydrogen) atoms. The van der Waals surface area contributed by atoms with Gasteiger partial charge >= 0.3 is 0 Å². The Morgan fingerprint density at radius 3 is 2.59 bits per heavy atom. The molecule has 2 saturated heterocycles. The number of nitrogen functional groups attached to an aromatic ring is 1. The predicted octanol–water partition coefficient (Wildman–Crippen LogP) is -0.241. The minimum absolute atomic E-state index is 0.00228. The second-order valence-corrected chi connectivity index (χ2v) is 7.55. The number of hydrazine groups is 1. The molecule has 4 N–H and O–H groups in total. The lowest BCUT2D eigenvalue weighted by Crippen LogP contribution is -2.57. The number of pyridine rings is 1. The maximum Gasteiger partial charge on any atom is 0.294 e. The first-order valence-electron chi connectivity index (χ1n) is 7.50. The van der Waals surface area contributed by atoms with E-state index in [0.29, 0.717) is 18.8 Å². The standard InChI is InChI=1S/C13H22N6O2S/c14-12-3-1-6-16-13(12)17-9-4-11(5-10-17)18-7-2-8-19(15)22(18,20)21/h1,3,6,11H,2,4-5,7-10,14-15H2. The monoisotopic (exact) mass is 326 g/mol. The molecule has 0 spiro atoms. The van der Waals surface area contributed by atoms with E-state index in [4.69, 9.17) is 11.6 Å². The summed E-state index contributed by atoms with van der Waals surface area (Å²) in [6.45, 7) is 2.42. The molecule has 1 aromatic rings. The Bertz CT molecular complexity index is 629. The molecule has 9 heteroatoms. The number of rotatable bonds is 2. The number of piperidine rings is 1. The number of anilines is 2. The van der Waals surface area contributed by atoms with Crippen molar-refractivity contribution in [2.24, 2.45) is 5.84 Å². The highest BCUT2D eigenvalue weighted by Gasteiger charge is 2.38. The molecule has 0 unspecified atom stereocenters. The smallest absolute Gasteiger partial charge is 0.294 e. The van der Waals surface area contributed by atoms with Crippen molar-refractivity contribution in [2.75, 3.05) is 36.8 Å². The van der Waals surface area contributed by atoms with Gasteiger partial charge in [-0.05, 0) is 31.4 Å². The molecule has 8 nitrogen and oxygen atoms in total. The Kier molecular flexibility index (Phi) is 4.22. The molecule has 1 aromatic heterocycles. The van der Waals surface area contributed by atoms with Gasteiger partial charge in [-0.25, -0.2) is 4.98 Å². The molecule has 0 bridgehead atoms. The lowest BCUT2D eigenvalue weighted by molar-refractivity contribution is 0.217. The van der Waals surface area contributed by atoms with E-state index in [-0.39, 0.29) is 6.04 Å². The van der Waals surface area contributed by atoms with Gasteiger partial charge in [-0.1, -0.05) is 0 Å². The van der Waals surface area contributed by atoms with Crippen LogP contribution in [0.3, 0.4) is 0 Å². The average Bonchev–Trinajstić information content (AvgIpc) is 2.51. The number of nitrogens with two attached hydrogens (primary N) is 2. The summed E-state index contributed by atoms with van der Waals surface area (Å²) in [6.07, 6.45) is 3.99. The van der Waals surface area contributed by atoms with E-state index in [0.717, 1.165) is 42.6 Å². The largest absolute Gasteiger partial charge is 0.396 e. The van der Waals surface area contributed by atoms with Crippen LogP contribution in [0.5, 0.6) is 0 Å². The Labute approximate surface area is 130 Å². The SMILES string of the molecule is Nc1cccnc1N1CCC(N2CCCN(N)S2(=O)=O)CC1.